The number of carbonyl (C=O) groups excluding carboxylic acids is 1. The van der Waals surface area contributed by atoms with E-state index in [4.69, 9.17) is 0 Å². The SMILES string of the molecule is CC.CC(=O)c1ccc(/C=C/C(C)(C)F)cc1.Cc1cc(C)cc(C(C)(C)C)c1. The number of benzene rings is 2. The molecule has 0 spiro atoms. The largest absolute Gasteiger partial charge is 0.295 e. The minimum Gasteiger partial charge on any atom is -0.295 e. The second kappa shape index (κ2) is 11.7. The van der Waals surface area contributed by atoms with E-state index in [1.165, 1.54) is 43.5 Å². The van der Waals surface area contributed by atoms with Crippen LogP contribution in [0.15, 0.2) is 48.5 Å². The lowest BCUT2D eigenvalue weighted by atomic mass is 9.85. The van der Waals surface area contributed by atoms with Crippen molar-refractivity contribution < 1.29 is 9.18 Å². The molecule has 0 aromatic heterocycles. The highest BCUT2D eigenvalue weighted by Gasteiger charge is 2.13. The fourth-order valence-corrected chi connectivity index (χ4v) is 2.53. The maximum absolute atomic E-state index is 13.1. The first-order valence-corrected chi connectivity index (χ1v) is 10.4. The molecule has 2 heteroatoms. The summed E-state index contributed by atoms with van der Waals surface area (Å²) < 4.78 is 13.1. The average Bonchev–Trinajstić information content (AvgIpc) is 2.60. The zero-order valence-electron chi connectivity index (χ0n) is 20.0. The van der Waals surface area contributed by atoms with Crippen molar-refractivity contribution in [1.82, 2.24) is 0 Å². The quantitative estimate of drug-likeness (QED) is 0.475. The highest BCUT2D eigenvalue weighted by atomic mass is 19.1. The number of carbonyl (C=O) groups is 1. The van der Waals surface area contributed by atoms with Crippen LogP contribution < -0.4 is 0 Å². The van der Waals surface area contributed by atoms with Crippen LogP contribution in [0.1, 0.15) is 88.0 Å². The van der Waals surface area contributed by atoms with Crippen LogP contribution in [0.3, 0.4) is 0 Å². The lowest BCUT2D eigenvalue weighted by Gasteiger charge is -2.20. The van der Waals surface area contributed by atoms with Gasteiger partial charge in [0.1, 0.15) is 5.67 Å². The Bertz CT molecular complexity index is 765. The molecule has 0 unspecified atom stereocenters. The van der Waals surface area contributed by atoms with Gasteiger partial charge in [-0.25, -0.2) is 4.39 Å². The molecule has 0 N–H and O–H groups in total. The summed E-state index contributed by atoms with van der Waals surface area (Å²) in [5, 5.41) is 0. The van der Waals surface area contributed by atoms with Crippen molar-refractivity contribution in [3.63, 3.8) is 0 Å². The summed E-state index contributed by atoms with van der Waals surface area (Å²) in [4.78, 5) is 11.0. The van der Waals surface area contributed by atoms with E-state index in [0.717, 1.165) is 5.56 Å². The van der Waals surface area contributed by atoms with E-state index in [-0.39, 0.29) is 11.2 Å². The zero-order valence-corrected chi connectivity index (χ0v) is 20.0. The topological polar surface area (TPSA) is 17.1 Å². The molecule has 0 fully saturated rings. The van der Waals surface area contributed by atoms with Crippen LogP contribution in [0.4, 0.5) is 4.39 Å². The number of hydrogen-bond donors (Lipinski definition) is 0. The summed E-state index contributed by atoms with van der Waals surface area (Å²) in [7, 11) is 0. The zero-order chi connectivity index (χ0) is 22.8. The predicted molar refractivity (Wildman–Crippen MR) is 127 cm³/mol. The molecule has 1 nitrogen and oxygen atoms in total. The highest BCUT2D eigenvalue weighted by molar-refractivity contribution is 5.94. The van der Waals surface area contributed by atoms with Crippen molar-refractivity contribution in [3.8, 4) is 0 Å². The second-order valence-corrected chi connectivity index (χ2v) is 8.70. The maximum atomic E-state index is 13.1. The van der Waals surface area contributed by atoms with Gasteiger partial charge in [0.05, 0.1) is 0 Å². The Morgan fingerprint density at radius 3 is 1.66 bits per heavy atom. The van der Waals surface area contributed by atoms with Gasteiger partial charge in [0.15, 0.2) is 5.78 Å². The Hall–Kier alpha value is -2.22. The minimum absolute atomic E-state index is 0.0383. The van der Waals surface area contributed by atoms with Crippen molar-refractivity contribution in [2.75, 3.05) is 0 Å². The molecule has 160 valence electrons. The van der Waals surface area contributed by atoms with Gasteiger partial charge < -0.3 is 0 Å². The number of halogens is 1. The molecule has 0 heterocycles. The van der Waals surface area contributed by atoms with Crippen LogP contribution in [-0.4, -0.2) is 11.5 Å². The van der Waals surface area contributed by atoms with Crippen LogP contribution in [0.25, 0.3) is 6.08 Å². The molecule has 0 atom stereocenters. The minimum atomic E-state index is -1.31. The number of ketones is 1. The first-order valence-electron chi connectivity index (χ1n) is 10.4. The van der Waals surface area contributed by atoms with E-state index in [1.54, 1.807) is 30.3 Å². The summed E-state index contributed by atoms with van der Waals surface area (Å²) >= 11 is 0. The lowest BCUT2D eigenvalue weighted by Crippen LogP contribution is -2.11. The standard InChI is InChI=1S/C13H15FO.C12H18.C2H6/c1-10(15)12-6-4-11(5-7-12)8-9-13(2,3)14;1-9-6-10(2)8-11(7-9)12(3,4)5;1-2/h4-9H,1-3H3;6-8H,1-5H3;1-2H3/b9-8+;;. The van der Waals surface area contributed by atoms with Gasteiger partial charge in [0.2, 0.25) is 0 Å². The van der Waals surface area contributed by atoms with E-state index in [9.17, 15) is 9.18 Å². The van der Waals surface area contributed by atoms with Crippen molar-refractivity contribution >= 4 is 11.9 Å². The number of aryl methyl sites for hydroxylation is 2. The van der Waals surface area contributed by atoms with Crippen LogP contribution in [-0.2, 0) is 5.41 Å². The van der Waals surface area contributed by atoms with E-state index < -0.39 is 5.67 Å². The van der Waals surface area contributed by atoms with Crippen molar-refractivity contribution in [2.45, 2.75) is 80.3 Å². The number of Topliss-reactive ketones (excluding diaryl/α,β-unsaturated/α-hetero) is 1. The van der Waals surface area contributed by atoms with Crippen molar-refractivity contribution in [1.29, 1.82) is 0 Å². The van der Waals surface area contributed by atoms with E-state index >= 15 is 0 Å². The van der Waals surface area contributed by atoms with Gasteiger partial charge in [0.25, 0.3) is 0 Å². The van der Waals surface area contributed by atoms with Gasteiger partial charge in [-0.3, -0.25) is 4.79 Å². The molecule has 2 aromatic carbocycles. The van der Waals surface area contributed by atoms with Crippen LogP contribution in [0.5, 0.6) is 0 Å². The number of allylic oxidation sites excluding steroid dienone is 1. The molecule has 29 heavy (non-hydrogen) atoms. The third kappa shape index (κ3) is 11.4. The molecule has 0 aliphatic rings. The molecule has 2 aromatic rings. The molecular formula is C27H39FO. The molecule has 0 saturated heterocycles. The van der Waals surface area contributed by atoms with Gasteiger partial charge in [-0.2, -0.15) is 0 Å². The Balaban J connectivity index is 0.000000508. The van der Waals surface area contributed by atoms with Crippen LogP contribution in [0, 0.1) is 13.8 Å². The number of rotatable bonds is 3. The molecular weight excluding hydrogens is 359 g/mol. The second-order valence-electron chi connectivity index (χ2n) is 8.70. The van der Waals surface area contributed by atoms with E-state index in [0.29, 0.717) is 5.56 Å². The average molecular weight is 399 g/mol. The molecule has 0 aliphatic heterocycles. The molecule has 0 bridgehead atoms. The highest BCUT2D eigenvalue weighted by Crippen LogP contribution is 2.24. The smallest absolute Gasteiger partial charge is 0.159 e. The number of alkyl halides is 1. The van der Waals surface area contributed by atoms with Gasteiger partial charge in [-0.05, 0) is 57.2 Å². The Labute approximate surface area is 178 Å². The molecule has 0 saturated carbocycles. The molecule has 0 aliphatic carbocycles. The molecule has 0 amide bonds. The summed E-state index contributed by atoms with van der Waals surface area (Å²) in [6, 6.07) is 13.9. The van der Waals surface area contributed by atoms with E-state index in [1.807, 2.05) is 13.8 Å². The summed E-state index contributed by atoms with van der Waals surface area (Å²) in [5.41, 5.74) is 4.69. The van der Waals surface area contributed by atoms with Crippen LogP contribution >= 0.6 is 0 Å². The van der Waals surface area contributed by atoms with Gasteiger partial charge >= 0.3 is 0 Å². The van der Waals surface area contributed by atoms with Crippen molar-refractivity contribution in [3.05, 3.63) is 76.4 Å². The Kier molecular flexibility index (Phi) is 10.8. The summed E-state index contributed by atoms with van der Waals surface area (Å²) in [6.07, 6.45) is 3.21. The third-order valence-electron chi connectivity index (χ3n) is 4.08. The van der Waals surface area contributed by atoms with Gasteiger partial charge in [-0.1, -0.05) is 94.3 Å². The lowest BCUT2D eigenvalue weighted by molar-refractivity contribution is 0.101. The molecule has 0 radical (unpaired) electrons. The molecule has 2 rings (SSSR count). The summed E-state index contributed by atoms with van der Waals surface area (Å²) in [5.74, 6) is 0.0383. The van der Waals surface area contributed by atoms with Gasteiger partial charge in [0, 0.05) is 5.56 Å². The van der Waals surface area contributed by atoms with Crippen LogP contribution in [0.2, 0.25) is 0 Å². The van der Waals surface area contributed by atoms with Crippen molar-refractivity contribution in [2.24, 2.45) is 0 Å². The van der Waals surface area contributed by atoms with Gasteiger partial charge in [-0.15, -0.1) is 0 Å². The first kappa shape index (κ1) is 26.8. The summed E-state index contributed by atoms with van der Waals surface area (Å²) in [6.45, 7) is 19.6. The predicted octanol–water partition coefficient (Wildman–Crippen LogP) is 8.28. The first-order chi connectivity index (χ1) is 13.3. The normalized spacial score (nSPS) is 11.3. The Morgan fingerprint density at radius 1 is 0.862 bits per heavy atom. The fourth-order valence-electron chi connectivity index (χ4n) is 2.53. The Morgan fingerprint density at radius 2 is 1.31 bits per heavy atom. The third-order valence-corrected chi connectivity index (χ3v) is 4.08. The fraction of sp³-hybridized carbons (Fsp3) is 0.444. The monoisotopic (exact) mass is 398 g/mol. The maximum Gasteiger partial charge on any atom is 0.159 e. The number of hydrogen-bond acceptors (Lipinski definition) is 1. The van der Waals surface area contributed by atoms with E-state index in [2.05, 4.69) is 52.8 Å².